The average molecular weight is 129 g/mol. The van der Waals surface area contributed by atoms with Gasteiger partial charge in [-0.25, -0.2) is 4.98 Å². The molecule has 0 amide bonds. The fourth-order valence-corrected chi connectivity index (χ4v) is 0.357. The van der Waals surface area contributed by atoms with E-state index in [1.807, 2.05) is 6.07 Å². The zero-order valence-electron chi connectivity index (χ0n) is 6.07. The summed E-state index contributed by atoms with van der Waals surface area (Å²) in [6.45, 7) is 0. The molecule has 0 radical (unpaired) electrons. The molecule has 9 heavy (non-hydrogen) atoms. The molecule has 0 atom stereocenters. The van der Waals surface area contributed by atoms with Crippen LogP contribution in [-0.2, 0) is 0 Å². The Morgan fingerprint density at radius 1 is 1.56 bits per heavy atom. The van der Waals surface area contributed by atoms with E-state index in [2.05, 4.69) is 9.97 Å². The predicted octanol–water partition coefficient (Wildman–Crippen LogP) is -2.54. The number of nitrogens with zero attached hydrogens (tertiary/aromatic N) is 3. The third-order valence-corrected chi connectivity index (χ3v) is 0.678. The topological polar surface area (TPSA) is 49.6 Å². The molecule has 40 valence electrons. The van der Waals surface area contributed by atoms with Gasteiger partial charge >= 0.3 is 29.6 Å². The second-order valence-corrected chi connectivity index (χ2v) is 1.20. The maximum Gasteiger partial charge on any atom is 1.00 e. The molecule has 3 nitrogen and oxygen atoms in total. The first kappa shape index (κ1) is 8.57. The van der Waals surface area contributed by atoms with Crippen molar-refractivity contribution in [2.24, 2.45) is 0 Å². The third-order valence-electron chi connectivity index (χ3n) is 0.678. The Hall–Kier alpha value is -0.430. The molecule has 1 aromatic heterocycles. The van der Waals surface area contributed by atoms with Crippen molar-refractivity contribution in [3.05, 3.63) is 24.3 Å². The van der Waals surface area contributed by atoms with Crippen LogP contribution in [-0.4, -0.2) is 9.97 Å². The van der Waals surface area contributed by atoms with Crippen LogP contribution in [0.4, 0.5) is 0 Å². The summed E-state index contributed by atoms with van der Waals surface area (Å²) in [5.74, 6) is 0. The SMILES string of the molecule is N#Cc1cnccn1.[H-].[Na+]. The summed E-state index contributed by atoms with van der Waals surface area (Å²) in [4.78, 5) is 7.34. The Morgan fingerprint density at radius 2 is 2.33 bits per heavy atom. The van der Waals surface area contributed by atoms with Gasteiger partial charge in [-0.2, -0.15) is 5.26 Å². The Kier molecular flexibility index (Phi) is 4.24. The zero-order chi connectivity index (χ0) is 5.82. The second-order valence-electron chi connectivity index (χ2n) is 1.20. The molecule has 0 saturated heterocycles. The van der Waals surface area contributed by atoms with Crippen molar-refractivity contribution in [1.29, 1.82) is 5.26 Å². The number of hydrogen-bond donors (Lipinski definition) is 0. The quantitative estimate of drug-likeness (QED) is 0.363. The summed E-state index contributed by atoms with van der Waals surface area (Å²) < 4.78 is 0. The van der Waals surface area contributed by atoms with Gasteiger partial charge in [-0.05, 0) is 0 Å². The van der Waals surface area contributed by atoms with Gasteiger partial charge in [0.1, 0.15) is 6.07 Å². The minimum atomic E-state index is 0. The van der Waals surface area contributed by atoms with Crippen LogP contribution >= 0.6 is 0 Å². The van der Waals surface area contributed by atoms with Crippen molar-refractivity contribution in [2.45, 2.75) is 0 Å². The first-order valence-corrected chi connectivity index (χ1v) is 2.09. The van der Waals surface area contributed by atoms with Gasteiger partial charge in [-0.15, -0.1) is 0 Å². The number of aromatic nitrogens is 2. The molecule has 0 aliphatic rings. The van der Waals surface area contributed by atoms with Crippen LogP contribution in [0.1, 0.15) is 7.12 Å². The molecule has 0 spiro atoms. The molecule has 0 unspecified atom stereocenters. The van der Waals surface area contributed by atoms with E-state index < -0.39 is 0 Å². The summed E-state index contributed by atoms with van der Waals surface area (Å²) >= 11 is 0. The van der Waals surface area contributed by atoms with E-state index in [1.165, 1.54) is 18.6 Å². The zero-order valence-corrected chi connectivity index (χ0v) is 7.07. The van der Waals surface area contributed by atoms with Gasteiger partial charge in [-0.1, -0.05) is 0 Å². The Morgan fingerprint density at radius 3 is 2.67 bits per heavy atom. The normalized spacial score (nSPS) is 7.00. The standard InChI is InChI=1S/C5H3N3.Na.H/c6-3-5-4-7-1-2-8-5;;/h1-2,4H;;/q;+1;-1. The molecule has 0 aliphatic carbocycles. The summed E-state index contributed by atoms with van der Waals surface area (Å²) in [7, 11) is 0. The summed E-state index contributed by atoms with van der Waals surface area (Å²) in [5, 5.41) is 8.19. The van der Waals surface area contributed by atoms with Gasteiger partial charge in [0, 0.05) is 12.4 Å². The van der Waals surface area contributed by atoms with Crippen LogP contribution in [0.3, 0.4) is 0 Å². The molecular formula is C5H4N3Na. The van der Waals surface area contributed by atoms with E-state index in [4.69, 9.17) is 5.26 Å². The molecule has 0 bridgehead atoms. The van der Waals surface area contributed by atoms with Gasteiger partial charge in [0.15, 0.2) is 5.69 Å². The predicted molar refractivity (Wildman–Crippen MR) is 27.9 cm³/mol. The van der Waals surface area contributed by atoms with Crippen LogP contribution in [0, 0.1) is 11.3 Å². The molecule has 0 aliphatic heterocycles. The Labute approximate surface area is 76.5 Å². The molecule has 0 saturated carbocycles. The fraction of sp³-hybridized carbons (Fsp3) is 0. The molecule has 0 fully saturated rings. The molecule has 1 heterocycles. The van der Waals surface area contributed by atoms with Crippen LogP contribution in [0.2, 0.25) is 0 Å². The van der Waals surface area contributed by atoms with E-state index >= 15 is 0 Å². The van der Waals surface area contributed by atoms with Gasteiger partial charge in [-0.3, -0.25) is 4.98 Å². The van der Waals surface area contributed by atoms with E-state index in [1.54, 1.807) is 0 Å². The van der Waals surface area contributed by atoms with E-state index in [9.17, 15) is 0 Å². The van der Waals surface area contributed by atoms with Crippen molar-refractivity contribution in [3.8, 4) is 6.07 Å². The number of nitriles is 1. The minimum Gasteiger partial charge on any atom is -1.00 e. The Balaban J connectivity index is 0. The fourth-order valence-electron chi connectivity index (χ4n) is 0.357. The van der Waals surface area contributed by atoms with Gasteiger partial charge in [0.05, 0.1) is 6.20 Å². The van der Waals surface area contributed by atoms with Crippen LogP contribution in [0.25, 0.3) is 0 Å². The Bertz CT molecular complexity index is 208. The first-order chi connectivity index (χ1) is 3.93. The third kappa shape index (κ3) is 2.56. The molecular weight excluding hydrogens is 125 g/mol. The monoisotopic (exact) mass is 129 g/mol. The van der Waals surface area contributed by atoms with E-state index in [0.29, 0.717) is 5.69 Å². The molecule has 4 heteroatoms. The van der Waals surface area contributed by atoms with Gasteiger partial charge < -0.3 is 1.43 Å². The van der Waals surface area contributed by atoms with Crippen molar-refractivity contribution >= 4 is 0 Å². The molecule has 0 aromatic carbocycles. The van der Waals surface area contributed by atoms with Crippen molar-refractivity contribution in [2.75, 3.05) is 0 Å². The first-order valence-electron chi connectivity index (χ1n) is 2.09. The smallest absolute Gasteiger partial charge is 1.00 e. The number of rotatable bonds is 0. The van der Waals surface area contributed by atoms with Crippen molar-refractivity contribution in [1.82, 2.24) is 9.97 Å². The number of hydrogen-bond acceptors (Lipinski definition) is 3. The van der Waals surface area contributed by atoms with Crippen LogP contribution in [0.5, 0.6) is 0 Å². The second kappa shape index (κ2) is 4.45. The molecule has 1 aromatic rings. The van der Waals surface area contributed by atoms with Crippen LogP contribution in [0.15, 0.2) is 18.6 Å². The maximum absolute atomic E-state index is 8.19. The van der Waals surface area contributed by atoms with Crippen molar-refractivity contribution < 1.29 is 31.0 Å². The van der Waals surface area contributed by atoms with Gasteiger partial charge in [0.25, 0.3) is 0 Å². The van der Waals surface area contributed by atoms with Crippen LogP contribution < -0.4 is 29.6 Å². The molecule has 1 rings (SSSR count). The molecule has 0 N–H and O–H groups in total. The minimum absolute atomic E-state index is 0. The largest absolute Gasteiger partial charge is 1.00 e. The maximum atomic E-state index is 8.19. The summed E-state index contributed by atoms with van der Waals surface area (Å²) in [6, 6.07) is 1.85. The summed E-state index contributed by atoms with van der Waals surface area (Å²) in [5.41, 5.74) is 0.354. The van der Waals surface area contributed by atoms with E-state index in [-0.39, 0.29) is 31.0 Å². The van der Waals surface area contributed by atoms with Gasteiger partial charge in [0.2, 0.25) is 0 Å². The summed E-state index contributed by atoms with van der Waals surface area (Å²) in [6.07, 6.45) is 4.43. The van der Waals surface area contributed by atoms with E-state index in [0.717, 1.165) is 0 Å². The van der Waals surface area contributed by atoms with Crippen molar-refractivity contribution in [3.63, 3.8) is 0 Å². The average Bonchev–Trinajstić information content (AvgIpc) is 1.90.